The zero-order chi connectivity index (χ0) is 17.4. The summed E-state index contributed by atoms with van der Waals surface area (Å²) >= 11 is 6.25. The van der Waals surface area contributed by atoms with Gasteiger partial charge in [-0.3, -0.25) is 4.98 Å². The normalized spacial score (nSPS) is 12.9. The van der Waals surface area contributed by atoms with Crippen LogP contribution >= 0.6 is 11.6 Å². The van der Waals surface area contributed by atoms with E-state index in [-0.39, 0.29) is 0 Å². The molecule has 1 aromatic heterocycles. The Morgan fingerprint density at radius 2 is 1.92 bits per heavy atom. The third kappa shape index (κ3) is 2.87. The summed E-state index contributed by atoms with van der Waals surface area (Å²) in [6.07, 6.45) is 3.16. The maximum absolute atomic E-state index is 6.25. The van der Waals surface area contributed by atoms with Crippen molar-refractivity contribution >= 4 is 33.9 Å². The number of ether oxygens (including phenoxy) is 2. The second-order valence-corrected chi connectivity index (χ2v) is 6.55. The molecule has 4 rings (SSSR count). The Hall–Kier alpha value is -2.46. The van der Waals surface area contributed by atoms with E-state index in [0.717, 1.165) is 53.0 Å². The van der Waals surface area contributed by atoms with Crippen molar-refractivity contribution in [3.05, 3.63) is 52.7 Å². The van der Waals surface area contributed by atoms with E-state index in [0.29, 0.717) is 5.02 Å². The molecule has 0 fully saturated rings. The highest BCUT2D eigenvalue weighted by Gasteiger charge is 2.20. The first-order valence-corrected chi connectivity index (χ1v) is 8.67. The average Bonchev–Trinajstić information content (AvgIpc) is 3.10. The van der Waals surface area contributed by atoms with E-state index in [4.69, 9.17) is 26.1 Å². The predicted molar refractivity (Wildman–Crippen MR) is 102 cm³/mol. The van der Waals surface area contributed by atoms with Crippen LogP contribution in [0.3, 0.4) is 0 Å². The Balaban J connectivity index is 1.88. The van der Waals surface area contributed by atoms with Gasteiger partial charge in [-0.05, 0) is 55.2 Å². The zero-order valence-corrected chi connectivity index (χ0v) is 15.0. The molecule has 25 heavy (non-hydrogen) atoms. The Kier molecular flexibility index (Phi) is 4.14. The molecule has 0 radical (unpaired) electrons. The van der Waals surface area contributed by atoms with Gasteiger partial charge in [0.05, 0.1) is 31.1 Å². The lowest BCUT2D eigenvalue weighted by molar-refractivity contribution is 0.395. The van der Waals surface area contributed by atoms with Crippen molar-refractivity contribution in [1.82, 2.24) is 4.98 Å². The number of benzene rings is 2. The van der Waals surface area contributed by atoms with Crippen LogP contribution in [0.1, 0.15) is 17.7 Å². The molecule has 1 aliphatic rings. The van der Waals surface area contributed by atoms with E-state index in [1.165, 1.54) is 11.3 Å². The Bertz CT molecular complexity index is 956. The van der Waals surface area contributed by atoms with Crippen LogP contribution in [0.4, 0.5) is 11.4 Å². The molecule has 128 valence electrons. The lowest BCUT2D eigenvalue weighted by Gasteiger charge is -2.17. The third-order valence-corrected chi connectivity index (χ3v) is 4.88. The standard InChI is InChI=1S/C20H19ClN2O2/c1-24-13-7-9-18(19(11-13)25-2)23-20-14-4-3-5-16(14)22-17-8-6-12(21)10-15(17)20/h6-11H,3-5H2,1-2H3,(H,22,23). The summed E-state index contributed by atoms with van der Waals surface area (Å²) in [7, 11) is 3.30. The van der Waals surface area contributed by atoms with Crippen molar-refractivity contribution in [3.8, 4) is 11.5 Å². The molecule has 3 aromatic rings. The number of pyridine rings is 1. The number of nitrogens with one attached hydrogen (secondary N) is 1. The van der Waals surface area contributed by atoms with Gasteiger partial charge in [0, 0.05) is 22.2 Å². The molecule has 0 aliphatic heterocycles. The fourth-order valence-electron chi connectivity index (χ4n) is 3.41. The van der Waals surface area contributed by atoms with Gasteiger partial charge in [-0.2, -0.15) is 0 Å². The van der Waals surface area contributed by atoms with Gasteiger partial charge in [-0.1, -0.05) is 11.6 Å². The predicted octanol–water partition coefficient (Wildman–Crippen LogP) is 5.14. The first kappa shape index (κ1) is 16.0. The molecule has 1 heterocycles. The van der Waals surface area contributed by atoms with Crippen LogP contribution < -0.4 is 14.8 Å². The number of methoxy groups -OCH3 is 2. The molecule has 1 N–H and O–H groups in total. The first-order valence-electron chi connectivity index (χ1n) is 8.29. The first-order chi connectivity index (χ1) is 12.2. The second-order valence-electron chi connectivity index (χ2n) is 6.12. The summed E-state index contributed by atoms with van der Waals surface area (Å²) in [4.78, 5) is 4.82. The van der Waals surface area contributed by atoms with Crippen LogP contribution in [0.15, 0.2) is 36.4 Å². The number of halogens is 1. The molecule has 1 aliphatic carbocycles. The minimum atomic E-state index is 0.706. The molecule has 2 aromatic carbocycles. The molecule has 0 amide bonds. The van der Waals surface area contributed by atoms with E-state index >= 15 is 0 Å². The Morgan fingerprint density at radius 1 is 1.04 bits per heavy atom. The molecule has 0 saturated carbocycles. The van der Waals surface area contributed by atoms with E-state index in [2.05, 4.69) is 5.32 Å². The fourth-order valence-corrected chi connectivity index (χ4v) is 3.59. The van der Waals surface area contributed by atoms with Crippen molar-refractivity contribution in [2.75, 3.05) is 19.5 Å². The van der Waals surface area contributed by atoms with Crippen molar-refractivity contribution < 1.29 is 9.47 Å². The fraction of sp³-hybridized carbons (Fsp3) is 0.250. The largest absolute Gasteiger partial charge is 0.497 e. The summed E-state index contributed by atoms with van der Waals surface area (Å²) in [5, 5.41) is 5.31. The van der Waals surface area contributed by atoms with Gasteiger partial charge in [0.15, 0.2) is 0 Å². The molecule has 0 unspecified atom stereocenters. The van der Waals surface area contributed by atoms with Crippen molar-refractivity contribution in [1.29, 1.82) is 0 Å². The smallest absolute Gasteiger partial charge is 0.145 e. The summed E-state index contributed by atoms with van der Waals surface area (Å²) in [6, 6.07) is 11.6. The molecule has 0 spiro atoms. The molecular weight excluding hydrogens is 336 g/mol. The minimum Gasteiger partial charge on any atom is -0.497 e. The third-order valence-electron chi connectivity index (χ3n) is 4.64. The maximum Gasteiger partial charge on any atom is 0.145 e. The summed E-state index contributed by atoms with van der Waals surface area (Å²) in [5.74, 6) is 1.49. The molecule has 0 bridgehead atoms. The van der Waals surface area contributed by atoms with Crippen molar-refractivity contribution in [2.45, 2.75) is 19.3 Å². The van der Waals surface area contributed by atoms with Gasteiger partial charge in [0.2, 0.25) is 0 Å². The van der Waals surface area contributed by atoms with E-state index in [1.807, 2.05) is 36.4 Å². The lowest BCUT2D eigenvalue weighted by atomic mass is 10.1. The number of rotatable bonds is 4. The maximum atomic E-state index is 6.25. The number of aromatic nitrogens is 1. The van der Waals surface area contributed by atoms with Crippen LogP contribution in [0.25, 0.3) is 10.9 Å². The molecule has 4 nitrogen and oxygen atoms in total. The van der Waals surface area contributed by atoms with Crippen LogP contribution in [0.5, 0.6) is 11.5 Å². The van der Waals surface area contributed by atoms with E-state index in [9.17, 15) is 0 Å². The highest BCUT2D eigenvalue weighted by Crippen LogP contribution is 2.39. The summed E-state index contributed by atoms with van der Waals surface area (Å²) < 4.78 is 10.8. The number of aryl methyl sites for hydroxylation is 1. The SMILES string of the molecule is COc1ccc(Nc2c3c(nc4ccc(Cl)cc24)CCC3)c(OC)c1. The van der Waals surface area contributed by atoms with Crippen LogP contribution in [-0.4, -0.2) is 19.2 Å². The topological polar surface area (TPSA) is 43.4 Å². The van der Waals surface area contributed by atoms with Gasteiger partial charge in [-0.15, -0.1) is 0 Å². The Labute approximate surface area is 151 Å². The van der Waals surface area contributed by atoms with Gasteiger partial charge < -0.3 is 14.8 Å². The van der Waals surface area contributed by atoms with Gasteiger partial charge in [0.1, 0.15) is 11.5 Å². The second kappa shape index (κ2) is 6.45. The summed E-state index contributed by atoms with van der Waals surface area (Å²) in [5.41, 5.74) is 5.37. The molecular formula is C20H19ClN2O2. The lowest BCUT2D eigenvalue weighted by Crippen LogP contribution is -2.01. The van der Waals surface area contributed by atoms with Gasteiger partial charge in [0.25, 0.3) is 0 Å². The van der Waals surface area contributed by atoms with Crippen LogP contribution in [0.2, 0.25) is 5.02 Å². The Morgan fingerprint density at radius 3 is 2.72 bits per heavy atom. The number of fused-ring (bicyclic) bond motifs is 2. The van der Waals surface area contributed by atoms with Crippen LogP contribution in [0, 0.1) is 0 Å². The minimum absolute atomic E-state index is 0.706. The van der Waals surface area contributed by atoms with Crippen LogP contribution in [-0.2, 0) is 12.8 Å². The number of nitrogens with zero attached hydrogens (tertiary/aromatic N) is 1. The van der Waals surface area contributed by atoms with E-state index < -0.39 is 0 Å². The molecule has 5 heteroatoms. The zero-order valence-electron chi connectivity index (χ0n) is 14.2. The monoisotopic (exact) mass is 354 g/mol. The molecule has 0 atom stereocenters. The van der Waals surface area contributed by atoms with E-state index in [1.54, 1.807) is 14.2 Å². The summed E-state index contributed by atoms with van der Waals surface area (Å²) in [6.45, 7) is 0. The number of hydrogen-bond donors (Lipinski definition) is 1. The number of anilines is 2. The molecule has 0 saturated heterocycles. The highest BCUT2D eigenvalue weighted by molar-refractivity contribution is 6.31. The van der Waals surface area contributed by atoms with Crippen molar-refractivity contribution in [2.24, 2.45) is 0 Å². The van der Waals surface area contributed by atoms with Gasteiger partial charge >= 0.3 is 0 Å². The quantitative estimate of drug-likeness (QED) is 0.704. The number of hydrogen-bond acceptors (Lipinski definition) is 4. The highest BCUT2D eigenvalue weighted by atomic mass is 35.5. The van der Waals surface area contributed by atoms with Gasteiger partial charge in [-0.25, -0.2) is 0 Å². The van der Waals surface area contributed by atoms with Crippen molar-refractivity contribution in [3.63, 3.8) is 0 Å². The average molecular weight is 355 g/mol.